The maximum atomic E-state index is 13.0. The van der Waals surface area contributed by atoms with Crippen LogP contribution in [-0.2, 0) is 11.3 Å². The van der Waals surface area contributed by atoms with Gasteiger partial charge in [-0.3, -0.25) is 14.5 Å². The van der Waals surface area contributed by atoms with Crippen LogP contribution in [0, 0.1) is 0 Å². The number of fused-ring (bicyclic) bond motifs is 1. The Morgan fingerprint density at radius 2 is 1.69 bits per heavy atom. The normalized spacial score (nSPS) is 18.3. The molecule has 2 aromatic carbocycles. The van der Waals surface area contributed by atoms with Crippen molar-refractivity contribution in [3.05, 3.63) is 77.4 Å². The van der Waals surface area contributed by atoms with Gasteiger partial charge in [0.25, 0.3) is 5.91 Å². The number of piperazine rings is 1. The van der Waals surface area contributed by atoms with Gasteiger partial charge in [0.05, 0.1) is 0 Å². The van der Waals surface area contributed by atoms with Gasteiger partial charge in [-0.2, -0.15) is 0 Å². The summed E-state index contributed by atoms with van der Waals surface area (Å²) >= 11 is 0. The van der Waals surface area contributed by atoms with E-state index >= 15 is 0 Å². The molecule has 1 saturated heterocycles. The first-order valence-corrected chi connectivity index (χ1v) is 10.2. The number of carbonyl (C=O) groups excluding carboxylic acids is 2. The van der Waals surface area contributed by atoms with Gasteiger partial charge in [-0.1, -0.05) is 60.7 Å². The van der Waals surface area contributed by atoms with Crippen LogP contribution in [-0.4, -0.2) is 65.3 Å². The van der Waals surface area contributed by atoms with Crippen LogP contribution in [0.3, 0.4) is 0 Å². The molecule has 1 atom stereocenters. The highest BCUT2D eigenvalue weighted by atomic mass is 16.2. The summed E-state index contributed by atoms with van der Waals surface area (Å²) in [5, 5.41) is 0. The largest absolute Gasteiger partial charge is 0.338 e. The second kappa shape index (κ2) is 8.62. The molecule has 0 spiro atoms. The first-order chi connectivity index (χ1) is 14.1. The van der Waals surface area contributed by atoms with E-state index in [4.69, 9.17) is 0 Å². The Labute approximate surface area is 172 Å². The average Bonchev–Trinajstić information content (AvgIpc) is 3.11. The molecule has 2 aromatic rings. The van der Waals surface area contributed by atoms with Crippen LogP contribution >= 0.6 is 0 Å². The number of hydrogen-bond acceptors (Lipinski definition) is 3. The third kappa shape index (κ3) is 4.25. The maximum Gasteiger partial charge on any atom is 0.255 e. The Bertz CT molecular complexity index is 901. The van der Waals surface area contributed by atoms with Crippen molar-refractivity contribution in [2.75, 3.05) is 32.7 Å². The highest BCUT2D eigenvalue weighted by molar-refractivity contribution is 6.01. The first kappa shape index (κ1) is 19.4. The van der Waals surface area contributed by atoms with E-state index in [1.165, 1.54) is 5.56 Å². The minimum absolute atomic E-state index is 0.0360. The lowest BCUT2D eigenvalue weighted by atomic mass is 10.1. The Balaban J connectivity index is 1.28. The SMILES string of the molecule is CC(C(=O)N1CCN(CC=Cc2ccccc2)CC1)N1Cc2ccccc2C1=O. The summed E-state index contributed by atoms with van der Waals surface area (Å²) in [4.78, 5) is 31.6. The monoisotopic (exact) mass is 389 g/mol. The van der Waals surface area contributed by atoms with Crippen molar-refractivity contribution in [1.29, 1.82) is 0 Å². The number of rotatable bonds is 5. The van der Waals surface area contributed by atoms with Gasteiger partial charge in [-0.05, 0) is 24.1 Å². The van der Waals surface area contributed by atoms with Gasteiger partial charge in [0.15, 0.2) is 0 Å². The van der Waals surface area contributed by atoms with E-state index in [9.17, 15) is 9.59 Å². The molecule has 29 heavy (non-hydrogen) atoms. The highest BCUT2D eigenvalue weighted by Crippen LogP contribution is 2.25. The molecule has 5 heteroatoms. The first-order valence-electron chi connectivity index (χ1n) is 10.2. The highest BCUT2D eigenvalue weighted by Gasteiger charge is 2.35. The van der Waals surface area contributed by atoms with Crippen molar-refractivity contribution in [2.24, 2.45) is 0 Å². The van der Waals surface area contributed by atoms with Gasteiger partial charge in [-0.25, -0.2) is 0 Å². The second-order valence-corrected chi connectivity index (χ2v) is 7.71. The number of benzene rings is 2. The molecule has 0 aromatic heterocycles. The summed E-state index contributed by atoms with van der Waals surface area (Å²) in [6.07, 6.45) is 4.31. The van der Waals surface area contributed by atoms with E-state index in [-0.39, 0.29) is 11.8 Å². The summed E-state index contributed by atoms with van der Waals surface area (Å²) in [6, 6.07) is 17.5. The molecule has 0 aliphatic carbocycles. The van der Waals surface area contributed by atoms with E-state index < -0.39 is 6.04 Å². The van der Waals surface area contributed by atoms with Gasteiger partial charge < -0.3 is 9.80 Å². The Kier molecular flexibility index (Phi) is 5.76. The van der Waals surface area contributed by atoms with Crippen LogP contribution in [0.15, 0.2) is 60.7 Å². The number of hydrogen-bond donors (Lipinski definition) is 0. The summed E-state index contributed by atoms with van der Waals surface area (Å²) in [5.74, 6) is 0.0109. The van der Waals surface area contributed by atoms with Gasteiger partial charge in [0.1, 0.15) is 6.04 Å². The molecule has 4 rings (SSSR count). The van der Waals surface area contributed by atoms with Crippen molar-refractivity contribution in [1.82, 2.24) is 14.7 Å². The number of carbonyl (C=O) groups is 2. The Morgan fingerprint density at radius 1 is 1.00 bits per heavy atom. The van der Waals surface area contributed by atoms with E-state index in [0.29, 0.717) is 19.6 Å². The smallest absolute Gasteiger partial charge is 0.255 e. The molecule has 2 amide bonds. The maximum absolute atomic E-state index is 13.0. The molecule has 150 valence electrons. The molecule has 0 saturated carbocycles. The third-order valence-corrected chi connectivity index (χ3v) is 5.83. The molecule has 5 nitrogen and oxygen atoms in total. The molecule has 2 aliphatic rings. The van der Waals surface area contributed by atoms with E-state index in [2.05, 4.69) is 29.2 Å². The van der Waals surface area contributed by atoms with Gasteiger partial charge >= 0.3 is 0 Å². The summed E-state index contributed by atoms with van der Waals surface area (Å²) in [5.41, 5.74) is 2.93. The van der Waals surface area contributed by atoms with Crippen LogP contribution in [0.1, 0.15) is 28.4 Å². The molecule has 2 heterocycles. The summed E-state index contributed by atoms with van der Waals surface area (Å²) in [6.45, 7) is 6.37. The lowest BCUT2D eigenvalue weighted by Crippen LogP contribution is -2.54. The molecule has 0 radical (unpaired) electrons. The topological polar surface area (TPSA) is 43.9 Å². The summed E-state index contributed by atoms with van der Waals surface area (Å²) < 4.78 is 0. The zero-order valence-corrected chi connectivity index (χ0v) is 16.8. The zero-order valence-electron chi connectivity index (χ0n) is 16.8. The fraction of sp³-hybridized carbons (Fsp3) is 0.333. The number of nitrogens with zero attached hydrogens (tertiary/aromatic N) is 3. The van der Waals surface area contributed by atoms with E-state index in [0.717, 1.165) is 30.8 Å². The molecular formula is C24H27N3O2. The molecule has 0 N–H and O–H groups in total. The van der Waals surface area contributed by atoms with Crippen molar-refractivity contribution in [3.8, 4) is 0 Å². The second-order valence-electron chi connectivity index (χ2n) is 7.71. The lowest BCUT2D eigenvalue weighted by molar-refractivity contribution is -0.137. The molecular weight excluding hydrogens is 362 g/mol. The zero-order chi connectivity index (χ0) is 20.2. The average molecular weight is 389 g/mol. The quantitative estimate of drug-likeness (QED) is 0.790. The predicted molar refractivity (Wildman–Crippen MR) is 114 cm³/mol. The van der Waals surface area contributed by atoms with Crippen LogP contribution in [0.25, 0.3) is 6.08 Å². The third-order valence-electron chi connectivity index (χ3n) is 5.83. The molecule has 1 unspecified atom stereocenters. The Hall–Kier alpha value is -2.92. The van der Waals surface area contributed by atoms with Crippen LogP contribution in [0.2, 0.25) is 0 Å². The minimum atomic E-state index is -0.431. The van der Waals surface area contributed by atoms with Crippen LogP contribution in [0.5, 0.6) is 0 Å². The number of amides is 2. The fourth-order valence-electron chi connectivity index (χ4n) is 4.04. The molecule has 2 aliphatic heterocycles. The van der Waals surface area contributed by atoms with Crippen molar-refractivity contribution >= 4 is 17.9 Å². The van der Waals surface area contributed by atoms with Crippen LogP contribution < -0.4 is 0 Å². The van der Waals surface area contributed by atoms with Crippen LogP contribution in [0.4, 0.5) is 0 Å². The predicted octanol–water partition coefficient (Wildman–Crippen LogP) is 2.89. The van der Waals surface area contributed by atoms with Crippen molar-refractivity contribution in [2.45, 2.75) is 19.5 Å². The van der Waals surface area contributed by atoms with Gasteiger partial charge in [-0.15, -0.1) is 0 Å². The fourth-order valence-corrected chi connectivity index (χ4v) is 4.04. The standard InChI is InChI=1S/C24H27N3O2/c1-19(27-18-21-11-5-6-12-22(21)24(27)29)23(28)26-16-14-25(15-17-26)13-7-10-20-8-3-2-4-9-20/h2-12,19H,13-18H2,1H3. The van der Waals surface area contributed by atoms with E-state index in [1.807, 2.05) is 54.3 Å². The van der Waals surface area contributed by atoms with E-state index in [1.54, 1.807) is 4.90 Å². The van der Waals surface area contributed by atoms with Crippen molar-refractivity contribution < 1.29 is 9.59 Å². The van der Waals surface area contributed by atoms with Crippen molar-refractivity contribution in [3.63, 3.8) is 0 Å². The minimum Gasteiger partial charge on any atom is -0.338 e. The Morgan fingerprint density at radius 3 is 2.41 bits per heavy atom. The molecule has 1 fully saturated rings. The van der Waals surface area contributed by atoms with Gasteiger partial charge in [0, 0.05) is 44.8 Å². The lowest BCUT2D eigenvalue weighted by Gasteiger charge is -2.37. The molecule has 0 bridgehead atoms. The summed E-state index contributed by atoms with van der Waals surface area (Å²) in [7, 11) is 0. The van der Waals surface area contributed by atoms with Gasteiger partial charge in [0.2, 0.25) is 5.91 Å².